The van der Waals surface area contributed by atoms with Gasteiger partial charge in [-0.2, -0.15) is 0 Å². The van der Waals surface area contributed by atoms with E-state index in [1.165, 1.54) is 18.4 Å². The van der Waals surface area contributed by atoms with E-state index in [9.17, 15) is 14.0 Å². The average molecular weight is 415 g/mol. The zero-order chi connectivity index (χ0) is 21.7. The highest BCUT2D eigenvalue weighted by molar-refractivity contribution is 5.95. The van der Waals surface area contributed by atoms with Gasteiger partial charge in [0.2, 0.25) is 0 Å². The molecule has 0 aliphatic carbocycles. The third-order valence-corrected chi connectivity index (χ3v) is 4.87. The van der Waals surface area contributed by atoms with Gasteiger partial charge >= 0.3 is 12.0 Å². The normalized spacial score (nSPS) is 17.5. The minimum absolute atomic E-state index is 0.115. The van der Waals surface area contributed by atoms with Crippen molar-refractivity contribution in [3.63, 3.8) is 0 Å². The predicted octanol–water partition coefficient (Wildman–Crippen LogP) is 3.58. The summed E-state index contributed by atoms with van der Waals surface area (Å²) in [6.07, 6.45) is 1.48. The summed E-state index contributed by atoms with van der Waals surface area (Å²) in [5, 5.41) is 8.81. The van der Waals surface area contributed by atoms with E-state index in [2.05, 4.69) is 16.0 Å². The second kappa shape index (κ2) is 9.58. The van der Waals surface area contributed by atoms with Crippen molar-refractivity contribution < 1.29 is 23.1 Å². The molecule has 3 N–H and O–H groups in total. The van der Waals surface area contributed by atoms with Crippen LogP contribution in [0.5, 0.6) is 0 Å². The Morgan fingerprint density at radius 3 is 2.60 bits per heavy atom. The minimum Gasteiger partial charge on any atom is -0.467 e. The quantitative estimate of drug-likeness (QED) is 0.573. The van der Waals surface area contributed by atoms with Crippen LogP contribution in [0.15, 0.2) is 58.3 Å². The van der Waals surface area contributed by atoms with Crippen molar-refractivity contribution in [1.82, 2.24) is 16.0 Å². The van der Waals surface area contributed by atoms with Crippen molar-refractivity contribution in [1.29, 1.82) is 0 Å². The molecule has 7 nitrogen and oxygen atoms in total. The van der Waals surface area contributed by atoms with Crippen LogP contribution in [0.4, 0.5) is 9.18 Å². The number of furan rings is 1. The fraction of sp³-hybridized carbons (Fsp3) is 0.364. The maximum atomic E-state index is 13.3. The Labute approximate surface area is 174 Å². The topological polar surface area (TPSA) is 92.6 Å². The minimum atomic E-state index is -0.757. The van der Waals surface area contributed by atoms with E-state index in [-0.39, 0.29) is 36.5 Å². The van der Waals surface area contributed by atoms with Crippen LogP contribution in [0.25, 0.3) is 0 Å². The number of carbonyl (C=O) groups excluding carboxylic acids is 2. The number of urea groups is 1. The van der Waals surface area contributed by atoms with E-state index in [1.807, 2.05) is 13.8 Å². The zero-order valence-corrected chi connectivity index (χ0v) is 17.2. The van der Waals surface area contributed by atoms with Crippen molar-refractivity contribution in [3.05, 3.63) is 71.1 Å². The van der Waals surface area contributed by atoms with Gasteiger partial charge in [-0.15, -0.1) is 0 Å². The van der Waals surface area contributed by atoms with Gasteiger partial charge in [-0.25, -0.2) is 14.0 Å². The number of esters is 1. The Balaban J connectivity index is 1.92. The lowest BCUT2D eigenvalue weighted by Gasteiger charge is -2.30. The number of hydrogen-bond acceptors (Lipinski definition) is 5. The van der Waals surface area contributed by atoms with Gasteiger partial charge in [-0.05, 0) is 42.7 Å². The van der Waals surface area contributed by atoms with Gasteiger partial charge in [0.1, 0.15) is 17.6 Å². The molecule has 1 aromatic heterocycles. The van der Waals surface area contributed by atoms with Crippen LogP contribution in [-0.4, -0.2) is 25.2 Å². The molecule has 2 aromatic rings. The molecule has 8 heteroatoms. The van der Waals surface area contributed by atoms with Gasteiger partial charge < -0.3 is 25.1 Å². The van der Waals surface area contributed by atoms with E-state index in [0.29, 0.717) is 11.5 Å². The number of carbonyl (C=O) groups is 2. The molecule has 1 aliphatic heterocycles. The first-order valence-electron chi connectivity index (χ1n) is 9.90. The number of ether oxygens (including phenoxy) is 1. The Bertz CT molecular complexity index is 907. The monoisotopic (exact) mass is 415 g/mol. The molecule has 30 heavy (non-hydrogen) atoms. The maximum Gasteiger partial charge on any atom is 0.338 e. The highest BCUT2D eigenvalue weighted by Gasteiger charge is 2.35. The molecule has 160 valence electrons. The summed E-state index contributed by atoms with van der Waals surface area (Å²) in [6.45, 7) is 6.20. The molecule has 1 aliphatic rings. The molecule has 0 fully saturated rings. The van der Waals surface area contributed by atoms with E-state index in [0.717, 1.165) is 5.56 Å². The summed E-state index contributed by atoms with van der Waals surface area (Å²) in [5.74, 6) is -0.226. The molecule has 2 heterocycles. The first-order valence-corrected chi connectivity index (χ1v) is 9.90. The molecule has 2 amide bonds. The molecule has 0 unspecified atom stereocenters. The third-order valence-electron chi connectivity index (χ3n) is 4.87. The number of nitrogens with one attached hydrogen (secondary N) is 3. The smallest absolute Gasteiger partial charge is 0.338 e. The van der Waals surface area contributed by atoms with Gasteiger partial charge in [0.05, 0.1) is 18.4 Å². The second-order valence-corrected chi connectivity index (χ2v) is 7.31. The summed E-state index contributed by atoms with van der Waals surface area (Å²) < 4.78 is 24.0. The number of benzene rings is 1. The summed E-state index contributed by atoms with van der Waals surface area (Å²) in [7, 11) is 0. The molecular weight excluding hydrogens is 389 g/mol. The van der Waals surface area contributed by atoms with E-state index in [1.54, 1.807) is 31.2 Å². The Hall–Kier alpha value is -3.13. The maximum absolute atomic E-state index is 13.3. The first kappa shape index (κ1) is 21.6. The third kappa shape index (κ3) is 4.88. The fourth-order valence-corrected chi connectivity index (χ4v) is 3.50. The molecule has 2 atom stereocenters. The lowest BCUT2D eigenvalue weighted by molar-refractivity contribution is -0.139. The second-order valence-electron chi connectivity index (χ2n) is 7.31. The average Bonchev–Trinajstić information content (AvgIpc) is 3.23. The lowest BCUT2D eigenvalue weighted by Crippen LogP contribution is -2.48. The largest absolute Gasteiger partial charge is 0.467 e. The summed E-state index contributed by atoms with van der Waals surface area (Å²) >= 11 is 0. The number of hydrogen-bond donors (Lipinski definition) is 3. The van der Waals surface area contributed by atoms with Crippen LogP contribution in [0.1, 0.15) is 44.2 Å². The van der Waals surface area contributed by atoms with Crippen molar-refractivity contribution >= 4 is 12.0 Å². The molecule has 1 aromatic carbocycles. The highest BCUT2D eigenvalue weighted by atomic mass is 19.1. The zero-order valence-electron chi connectivity index (χ0n) is 17.2. The van der Waals surface area contributed by atoms with Gasteiger partial charge in [0.25, 0.3) is 0 Å². The van der Waals surface area contributed by atoms with Gasteiger partial charge in [-0.3, -0.25) is 0 Å². The molecule has 3 rings (SSSR count). The van der Waals surface area contributed by atoms with Gasteiger partial charge in [0.15, 0.2) is 0 Å². The van der Waals surface area contributed by atoms with Crippen LogP contribution in [0, 0.1) is 11.7 Å². The van der Waals surface area contributed by atoms with Crippen LogP contribution < -0.4 is 16.0 Å². The highest BCUT2D eigenvalue weighted by Crippen LogP contribution is 2.29. The van der Waals surface area contributed by atoms with Crippen LogP contribution >= 0.6 is 0 Å². The summed E-state index contributed by atoms with van der Waals surface area (Å²) in [5.41, 5.74) is 1.60. The molecule has 0 saturated heterocycles. The Kier molecular flexibility index (Phi) is 6.89. The van der Waals surface area contributed by atoms with Crippen molar-refractivity contribution in [2.75, 3.05) is 13.2 Å². The number of halogens is 1. The standard InChI is InChI=1S/C22H26FN3O4/c1-4-29-21(27)18-16(25-22(28)26-20(18)17-6-5-11-30-17)12-24-19(13(2)3)14-7-9-15(23)10-8-14/h5-11,13,19-20,24H,4,12H2,1-3H3,(H2,25,26,28)/t19-,20-/m0/s1. The predicted molar refractivity (Wildman–Crippen MR) is 109 cm³/mol. The summed E-state index contributed by atoms with van der Waals surface area (Å²) in [6, 6.07) is 8.33. The van der Waals surface area contributed by atoms with Crippen LogP contribution in [0.3, 0.4) is 0 Å². The molecular formula is C22H26FN3O4. The molecule has 0 spiro atoms. The van der Waals surface area contributed by atoms with Gasteiger partial charge in [0, 0.05) is 18.3 Å². The van der Waals surface area contributed by atoms with Crippen LogP contribution in [-0.2, 0) is 9.53 Å². The molecule has 0 bridgehead atoms. The number of amides is 2. The fourth-order valence-electron chi connectivity index (χ4n) is 3.50. The first-order chi connectivity index (χ1) is 14.4. The number of rotatable bonds is 8. The van der Waals surface area contributed by atoms with E-state index in [4.69, 9.17) is 9.15 Å². The van der Waals surface area contributed by atoms with E-state index < -0.39 is 18.0 Å². The van der Waals surface area contributed by atoms with Gasteiger partial charge in [-0.1, -0.05) is 26.0 Å². The van der Waals surface area contributed by atoms with Crippen LogP contribution in [0.2, 0.25) is 0 Å². The summed E-state index contributed by atoms with van der Waals surface area (Å²) in [4.78, 5) is 25.0. The Morgan fingerprint density at radius 2 is 2.00 bits per heavy atom. The molecule has 0 radical (unpaired) electrons. The Morgan fingerprint density at radius 1 is 1.27 bits per heavy atom. The van der Waals surface area contributed by atoms with Crippen molar-refractivity contribution in [2.45, 2.75) is 32.9 Å². The van der Waals surface area contributed by atoms with E-state index >= 15 is 0 Å². The van der Waals surface area contributed by atoms with Crippen molar-refractivity contribution in [2.24, 2.45) is 5.92 Å². The lowest BCUT2D eigenvalue weighted by atomic mass is 9.95. The SMILES string of the molecule is CCOC(=O)C1=C(CN[C@H](c2ccc(F)cc2)C(C)C)NC(=O)N[C@H]1c1ccco1. The van der Waals surface area contributed by atoms with Crippen molar-refractivity contribution in [3.8, 4) is 0 Å². The molecule has 0 saturated carbocycles.